The molecule has 0 saturated carbocycles. The number of halogens is 1. The average molecular weight is 296 g/mol. The van der Waals surface area contributed by atoms with Crippen molar-refractivity contribution < 1.29 is 19.4 Å². The molecule has 2 aliphatic rings. The number of ether oxygens (including phenoxy) is 1. The number of hydrogen-bond donors (Lipinski definition) is 2. The van der Waals surface area contributed by atoms with Gasteiger partial charge in [0.05, 0.1) is 34.8 Å². The lowest BCUT2D eigenvalue weighted by Gasteiger charge is -2.24. The Morgan fingerprint density at radius 1 is 1.20 bits per heavy atom. The van der Waals surface area contributed by atoms with Crippen LogP contribution in [-0.4, -0.2) is 29.2 Å². The molecule has 0 radical (unpaired) electrons. The molecule has 3 rings (SSSR count). The number of carbonyl (C=O) groups excluding carboxylic acids is 1. The van der Waals surface area contributed by atoms with Gasteiger partial charge in [0.2, 0.25) is 5.91 Å². The van der Waals surface area contributed by atoms with Crippen LogP contribution < -0.4 is 5.32 Å². The van der Waals surface area contributed by atoms with Gasteiger partial charge < -0.3 is 15.2 Å². The molecule has 2 heterocycles. The zero-order chi connectivity index (χ0) is 14.3. The van der Waals surface area contributed by atoms with Crippen molar-refractivity contribution >= 4 is 29.2 Å². The minimum Gasteiger partial charge on any atom is -0.481 e. The molecule has 2 fully saturated rings. The quantitative estimate of drug-likeness (QED) is 0.896. The van der Waals surface area contributed by atoms with E-state index in [9.17, 15) is 14.7 Å². The molecule has 0 unspecified atom stereocenters. The molecule has 6 heteroatoms. The molecule has 20 heavy (non-hydrogen) atoms. The summed E-state index contributed by atoms with van der Waals surface area (Å²) in [5.41, 5.74) is 0.492. The first-order valence-corrected chi connectivity index (χ1v) is 6.89. The van der Waals surface area contributed by atoms with Gasteiger partial charge in [-0.05, 0) is 25.0 Å². The summed E-state index contributed by atoms with van der Waals surface area (Å²) in [5.74, 6) is -2.73. The van der Waals surface area contributed by atoms with Gasteiger partial charge in [0, 0.05) is 0 Å². The number of benzene rings is 1. The summed E-state index contributed by atoms with van der Waals surface area (Å²) in [5, 5.41) is 12.4. The second-order valence-electron chi connectivity index (χ2n) is 5.15. The van der Waals surface area contributed by atoms with E-state index in [2.05, 4.69) is 5.32 Å². The Hall–Kier alpha value is -1.59. The molecule has 2 aliphatic heterocycles. The molecule has 1 aromatic rings. The second kappa shape index (κ2) is 5.07. The summed E-state index contributed by atoms with van der Waals surface area (Å²) in [6.07, 6.45) is 0.787. The summed E-state index contributed by atoms with van der Waals surface area (Å²) in [7, 11) is 0. The molecule has 1 aromatic carbocycles. The summed E-state index contributed by atoms with van der Waals surface area (Å²) >= 11 is 5.99. The molecule has 2 saturated heterocycles. The highest BCUT2D eigenvalue weighted by Gasteiger charge is 2.55. The molecule has 1 amide bonds. The van der Waals surface area contributed by atoms with Gasteiger partial charge in [-0.2, -0.15) is 0 Å². The third-order valence-corrected chi connectivity index (χ3v) is 4.32. The van der Waals surface area contributed by atoms with Gasteiger partial charge >= 0.3 is 5.97 Å². The van der Waals surface area contributed by atoms with E-state index in [1.165, 1.54) is 0 Å². The first kappa shape index (κ1) is 13.4. The van der Waals surface area contributed by atoms with E-state index in [4.69, 9.17) is 16.3 Å². The van der Waals surface area contributed by atoms with E-state index in [1.54, 1.807) is 24.3 Å². The van der Waals surface area contributed by atoms with Crippen molar-refractivity contribution in [2.75, 3.05) is 5.32 Å². The number of para-hydroxylation sites is 1. The van der Waals surface area contributed by atoms with Crippen LogP contribution in [-0.2, 0) is 14.3 Å². The molecular weight excluding hydrogens is 282 g/mol. The standard InChI is InChI=1S/C14H14ClNO4/c15-7-3-1-2-4-8(7)16-13(17)11-9-5-6-10(20-9)12(11)14(18)19/h1-4,9-12H,5-6H2,(H,16,17)(H,18,19)/t9-,10-,11-,12-/m0/s1. The summed E-state index contributed by atoms with van der Waals surface area (Å²) in [6, 6.07) is 6.87. The van der Waals surface area contributed by atoms with Crippen LogP contribution in [0.3, 0.4) is 0 Å². The lowest BCUT2D eigenvalue weighted by atomic mass is 9.78. The second-order valence-corrected chi connectivity index (χ2v) is 5.56. The van der Waals surface area contributed by atoms with E-state index < -0.39 is 17.8 Å². The van der Waals surface area contributed by atoms with Crippen molar-refractivity contribution in [3.8, 4) is 0 Å². The number of nitrogens with one attached hydrogen (secondary N) is 1. The Morgan fingerprint density at radius 2 is 1.85 bits per heavy atom. The number of carboxylic acid groups (broad SMARTS) is 1. The van der Waals surface area contributed by atoms with Gasteiger partial charge in [-0.3, -0.25) is 9.59 Å². The van der Waals surface area contributed by atoms with Gasteiger partial charge in [0.1, 0.15) is 0 Å². The number of rotatable bonds is 3. The van der Waals surface area contributed by atoms with Crippen LogP contribution in [0, 0.1) is 11.8 Å². The van der Waals surface area contributed by atoms with Crippen molar-refractivity contribution in [2.24, 2.45) is 11.8 Å². The Kier molecular flexibility index (Phi) is 3.40. The van der Waals surface area contributed by atoms with E-state index in [1.807, 2.05) is 0 Å². The molecule has 2 N–H and O–H groups in total. The molecule has 2 bridgehead atoms. The van der Waals surface area contributed by atoms with Gasteiger partial charge in [-0.25, -0.2) is 0 Å². The van der Waals surface area contributed by atoms with Crippen molar-refractivity contribution in [3.63, 3.8) is 0 Å². The maximum atomic E-state index is 12.4. The van der Waals surface area contributed by atoms with Gasteiger partial charge in [-0.15, -0.1) is 0 Å². The van der Waals surface area contributed by atoms with Gasteiger partial charge in [0.15, 0.2) is 0 Å². The summed E-state index contributed by atoms with van der Waals surface area (Å²) in [4.78, 5) is 23.7. The average Bonchev–Trinajstić information content (AvgIpc) is 3.01. The Labute approximate surface area is 120 Å². The monoisotopic (exact) mass is 295 g/mol. The van der Waals surface area contributed by atoms with E-state index >= 15 is 0 Å². The fourth-order valence-electron chi connectivity index (χ4n) is 3.10. The summed E-state index contributed by atoms with van der Waals surface area (Å²) < 4.78 is 5.57. The molecule has 106 valence electrons. The van der Waals surface area contributed by atoms with Crippen molar-refractivity contribution in [3.05, 3.63) is 29.3 Å². The minimum atomic E-state index is -0.975. The van der Waals surface area contributed by atoms with Gasteiger partial charge in [0.25, 0.3) is 0 Å². The van der Waals surface area contributed by atoms with Crippen molar-refractivity contribution in [2.45, 2.75) is 25.0 Å². The van der Waals surface area contributed by atoms with Crippen LogP contribution in [0.4, 0.5) is 5.69 Å². The number of carboxylic acids is 1. The topological polar surface area (TPSA) is 75.6 Å². The zero-order valence-electron chi connectivity index (χ0n) is 10.6. The normalized spacial score (nSPS) is 31.2. The Morgan fingerprint density at radius 3 is 2.50 bits per heavy atom. The molecule has 5 nitrogen and oxygen atoms in total. The van der Waals surface area contributed by atoms with E-state index in [0.29, 0.717) is 17.1 Å². The first-order chi connectivity index (χ1) is 9.58. The Bertz CT molecular complexity index is 562. The third-order valence-electron chi connectivity index (χ3n) is 3.99. The maximum Gasteiger partial charge on any atom is 0.310 e. The lowest BCUT2D eigenvalue weighted by molar-refractivity contribution is -0.147. The molecular formula is C14H14ClNO4. The predicted molar refractivity (Wildman–Crippen MR) is 72.6 cm³/mol. The number of anilines is 1. The largest absolute Gasteiger partial charge is 0.481 e. The zero-order valence-corrected chi connectivity index (χ0v) is 11.3. The van der Waals surface area contributed by atoms with Crippen molar-refractivity contribution in [1.29, 1.82) is 0 Å². The van der Waals surface area contributed by atoms with Crippen LogP contribution >= 0.6 is 11.6 Å². The molecule has 0 spiro atoms. The number of amides is 1. The predicted octanol–water partition coefficient (Wildman–Crippen LogP) is 2.16. The molecule has 0 aromatic heterocycles. The highest BCUT2D eigenvalue weighted by Crippen LogP contribution is 2.44. The highest BCUT2D eigenvalue weighted by atomic mass is 35.5. The van der Waals surface area contributed by atoms with Crippen LogP contribution in [0.2, 0.25) is 5.02 Å². The SMILES string of the molecule is O=C(O)[C@@H]1[C@@H](C(=O)Nc2ccccc2Cl)[C@@H]2CC[C@@H]1O2. The van der Waals surface area contributed by atoms with Gasteiger partial charge in [-0.1, -0.05) is 23.7 Å². The van der Waals surface area contributed by atoms with E-state index in [-0.39, 0.29) is 18.1 Å². The fourth-order valence-corrected chi connectivity index (χ4v) is 3.29. The number of carbonyl (C=O) groups is 2. The summed E-state index contributed by atoms with van der Waals surface area (Å²) in [6.45, 7) is 0. The van der Waals surface area contributed by atoms with Crippen molar-refractivity contribution in [1.82, 2.24) is 0 Å². The lowest BCUT2D eigenvalue weighted by Crippen LogP contribution is -2.40. The first-order valence-electron chi connectivity index (χ1n) is 6.51. The maximum absolute atomic E-state index is 12.4. The smallest absolute Gasteiger partial charge is 0.310 e. The minimum absolute atomic E-state index is 0.302. The van der Waals surface area contributed by atoms with Crippen LogP contribution in [0.25, 0.3) is 0 Å². The number of fused-ring (bicyclic) bond motifs is 2. The fraction of sp³-hybridized carbons (Fsp3) is 0.429. The highest BCUT2D eigenvalue weighted by molar-refractivity contribution is 6.33. The Balaban J connectivity index is 1.80. The van der Waals surface area contributed by atoms with Crippen LogP contribution in [0.5, 0.6) is 0 Å². The molecule has 4 atom stereocenters. The van der Waals surface area contributed by atoms with Crippen LogP contribution in [0.15, 0.2) is 24.3 Å². The number of hydrogen-bond acceptors (Lipinski definition) is 3. The number of aliphatic carboxylic acids is 1. The van der Waals surface area contributed by atoms with E-state index in [0.717, 1.165) is 6.42 Å². The van der Waals surface area contributed by atoms with Crippen LogP contribution in [0.1, 0.15) is 12.8 Å². The third kappa shape index (κ3) is 2.17. The molecule has 0 aliphatic carbocycles.